The molecular formula is C22H21F3N2O5. The van der Waals surface area contributed by atoms with Crippen LogP contribution in [-0.4, -0.2) is 66.9 Å². The minimum absolute atomic E-state index is 0.110. The van der Waals surface area contributed by atoms with E-state index in [9.17, 15) is 22.8 Å². The molecule has 2 aromatic carbocycles. The van der Waals surface area contributed by atoms with Crippen LogP contribution in [-0.2, 0) is 16.1 Å². The summed E-state index contributed by atoms with van der Waals surface area (Å²) in [6, 6.07) is 11.8. The highest BCUT2D eigenvalue weighted by Crippen LogP contribution is 2.28. The number of carbonyl (C=O) groups excluding carboxylic acids is 2. The van der Waals surface area contributed by atoms with Crippen molar-refractivity contribution in [3.8, 4) is 11.5 Å². The Balaban J connectivity index is 1.45. The quantitative estimate of drug-likeness (QED) is 0.701. The largest absolute Gasteiger partial charge is 0.573 e. The van der Waals surface area contributed by atoms with Gasteiger partial charge in [0, 0.05) is 25.2 Å². The maximum atomic E-state index is 12.9. The molecule has 7 nitrogen and oxygen atoms in total. The van der Waals surface area contributed by atoms with Gasteiger partial charge in [0.2, 0.25) is 5.91 Å². The third kappa shape index (κ3) is 4.80. The van der Waals surface area contributed by atoms with Crippen molar-refractivity contribution < 1.29 is 37.0 Å². The molecule has 0 spiro atoms. The Morgan fingerprint density at radius 2 is 1.72 bits per heavy atom. The zero-order valence-corrected chi connectivity index (χ0v) is 17.2. The molecule has 4 rings (SSSR count). The molecule has 0 aromatic heterocycles. The number of hydrogen-bond donors (Lipinski definition) is 0. The average Bonchev–Trinajstić information content (AvgIpc) is 3.20. The van der Waals surface area contributed by atoms with Gasteiger partial charge in [-0.1, -0.05) is 12.1 Å². The van der Waals surface area contributed by atoms with Crippen molar-refractivity contribution in [2.45, 2.75) is 25.1 Å². The molecule has 0 saturated carbocycles. The molecule has 10 heteroatoms. The van der Waals surface area contributed by atoms with E-state index >= 15 is 0 Å². The van der Waals surface area contributed by atoms with Gasteiger partial charge in [-0.05, 0) is 42.0 Å². The fraction of sp³-hybridized carbons (Fsp3) is 0.364. The highest BCUT2D eigenvalue weighted by molar-refractivity contribution is 5.94. The van der Waals surface area contributed by atoms with E-state index in [1.807, 2.05) is 0 Å². The van der Waals surface area contributed by atoms with Crippen LogP contribution in [0.3, 0.4) is 0 Å². The fourth-order valence-corrected chi connectivity index (χ4v) is 3.95. The van der Waals surface area contributed by atoms with Gasteiger partial charge in [-0.25, -0.2) is 0 Å². The van der Waals surface area contributed by atoms with Crippen LogP contribution in [0.1, 0.15) is 15.9 Å². The number of hydrogen-bond acceptors (Lipinski definition) is 5. The van der Waals surface area contributed by atoms with Crippen LogP contribution < -0.4 is 9.47 Å². The van der Waals surface area contributed by atoms with Crippen molar-refractivity contribution in [3.63, 3.8) is 0 Å². The molecule has 2 unspecified atom stereocenters. The van der Waals surface area contributed by atoms with Gasteiger partial charge < -0.3 is 24.0 Å². The van der Waals surface area contributed by atoms with Crippen LogP contribution in [0.25, 0.3) is 0 Å². The summed E-state index contributed by atoms with van der Waals surface area (Å²) in [7, 11) is 1.54. The van der Waals surface area contributed by atoms with Gasteiger partial charge in [-0.2, -0.15) is 0 Å². The number of fused-ring (bicyclic) bond motifs is 1. The van der Waals surface area contributed by atoms with Gasteiger partial charge >= 0.3 is 6.36 Å². The van der Waals surface area contributed by atoms with E-state index in [-0.39, 0.29) is 42.9 Å². The van der Waals surface area contributed by atoms with Crippen LogP contribution in [0.4, 0.5) is 13.2 Å². The first-order chi connectivity index (χ1) is 15.2. The van der Waals surface area contributed by atoms with Crippen LogP contribution >= 0.6 is 0 Å². The van der Waals surface area contributed by atoms with Crippen LogP contribution in [0.5, 0.6) is 11.5 Å². The summed E-state index contributed by atoms with van der Waals surface area (Å²) >= 11 is 0. The number of carbonyl (C=O) groups is 2. The van der Waals surface area contributed by atoms with Gasteiger partial charge in [-0.15, -0.1) is 13.2 Å². The SMILES string of the molecule is COc1ccc(C(=O)N2CC3OCC(=O)N(Cc4ccc(OC(F)(F)F)cc4)C3C2)cc1. The third-order valence-corrected chi connectivity index (χ3v) is 5.51. The zero-order valence-electron chi connectivity index (χ0n) is 17.2. The smallest absolute Gasteiger partial charge is 0.497 e. The third-order valence-electron chi connectivity index (χ3n) is 5.51. The maximum Gasteiger partial charge on any atom is 0.573 e. The highest BCUT2D eigenvalue weighted by atomic mass is 19.4. The van der Waals surface area contributed by atoms with E-state index in [0.29, 0.717) is 30.0 Å². The Bertz CT molecular complexity index is 979. The minimum Gasteiger partial charge on any atom is -0.497 e. The van der Waals surface area contributed by atoms with Crippen molar-refractivity contribution in [2.75, 3.05) is 26.8 Å². The number of halogens is 3. The molecule has 2 aliphatic rings. The predicted molar refractivity (Wildman–Crippen MR) is 106 cm³/mol. The molecule has 2 aliphatic heterocycles. The number of likely N-dealkylation sites (tertiary alicyclic amines) is 1. The summed E-state index contributed by atoms with van der Waals surface area (Å²) in [5, 5.41) is 0. The predicted octanol–water partition coefficient (Wildman–Crippen LogP) is 2.85. The van der Waals surface area contributed by atoms with Crippen molar-refractivity contribution in [1.29, 1.82) is 0 Å². The van der Waals surface area contributed by atoms with Crippen molar-refractivity contribution in [1.82, 2.24) is 9.80 Å². The average molecular weight is 450 g/mol. The zero-order chi connectivity index (χ0) is 22.9. The summed E-state index contributed by atoms with van der Waals surface area (Å²) in [4.78, 5) is 28.7. The molecule has 2 heterocycles. The van der Waals surface area contributed by atoms with Crippen molar-refractivity contribution in [3.05, 3.63) is 59.7 Å². The Labute approximate surface area is 182 Å². The lowest BCUT2D eigenvalue weighted by molar-refractivity contribution is -0.274. The van der Waals surface area contributed by atoms with E-state index in [4.69, 9.17) is 9.47 Å². The molecular weight excluding hydrogens is 429 g/mol. The maximum absolute atomic E-state index is 12.9. The first-order valence-electron chi connectivity index (χ1n) is 9.92. The number of methoxy groups -OCH3 is 1. The van der Waals surface area contributed by atoms with Gasteiger partial charge in [0.25, 0.3) is 5.91 Å². The lowest BCUT2D eigenvalue weighted by Crippen LogP contribution is -2.53. The van der Waals surface area contributed by atoms with E-state index in [1.165, 1.54) is 24.3 Å². The van der Waals surface area contributed by atoms with Gasteiger partial charge in [0.1, 0.15) is 18.1 Å². The molecule has 2 amide bonds. The molecule has 0 radical (unpaired) electrons. The molecule has 0 N–H and O–H groups in total. The minimum atomic E-state index is -4.77. The topological polar surface area (TPSA) is 68.3 Å². The summed E-state index contributed by atoms with van der Waals surface area (Å²) in [5.74, 6) is -0.0970. The summed E-state index contributed by atoms with van der Waals surface area (Å²) < 4.78 is 51.7. The van der Waals surface area contributed by atoms with Crippen molar-refractivity contribution >= 4 is 11.8 Å². The molecule has 32 heavy (non-hydrogen) atoms. The summed E-state index contributed by atoms with van der Waals surface area (Å²) in [6.45, 7) is 0.732. The number of alkyl halides is 3. The van der Waals surface area contributed by atoms with Gasteiger partial charge in [0.15, 0.2) is 0 Å². The van der Waals surface area contributed by atoms with E-state index < -0.39 is 6.36 Å². The normalized spacial score (nSPS) is 20.8. The van der Waals surface area contributed by atoms with Crippen LogP contribution in [0.15, 0.2) is 48.5 Å². The molecule has 2 fully saturated rings. The van der Waals surface area contributed by atoms with Gasteiger partial charge in [0.05, 0.1) is 19.3 Å². The van der Waals surface area contributed by atoms with E-state index in [2.05, 4.69) is 4.74 Å². The number of amides is 2. The second-order valence-electron chi connectivity index (χ2n) is 7.57. The Morgan fingerprint density at radius 3 is 2.34 bits per heavy atom. The molecule has 170 valence electrons. The second kappa shape index (κ2) is 8.70. The summed E-state index contributed by atoms with van der Waals surface area (Å²) in [6.07, 6.45) is -5.10. The fourth-order valence-electron chi connectivity index (χ4n) is 3.95. The Kier molecular flexibility index (Phi) is 5.96. The number of benzene rings is 2. The standard InChI is InChI=1S/C22H21F3N2O5/c1-30-16-8-4-15(5-9-16)21(29)26-11-18-19(12-26)31-13-20(28)27(18)10-14-2-6-17(7-3-14)32-22(23,24)25/h2-9,18-19H,10-13H2,1H3. The Hall–Kier alpha value is -3.27. The lowest BCUT2D eigenvalue weighted by atomic mass is 10.1. The number of morpholine rings is 1. The van der Waals surface area contributed by atoms with Crippen LogP contribution in [0, 0.1) is 0 Å². The number of ether oxygens (including phenoxy) is 3. The number of rotatable bonds is 5. The molecule has 2 aromatic rings. The first kappa shape index (κ1) is 21.9. The lowest BCUT2D eigenvalue weighted by Gasteiger charge is -2.36. The highest BCUT2D eigenvalue weighted by Gasteiger charge is 2.44. The van der Waals surface area contributed by atoms with E-state index in [0.717, 1.165) is 0 Å². The number of nitrogens with zero attached hydrogens (tertiary/aromatic N) is 2. The first-order valence-corrected chi connectivity index (χ1v) is 9.92. The van der Waals surface area contributed by atoms with Crippen molar-refractivity contribution in [2.24, 2.45) is 0 Å². The van der Waals surface area contributed by atoms with E-state index in [1.54, 1.807) is 41.2 Å². The molecule has 2 saturated heterocycles. The molecule has 0 aliphatic carbocycles. The molecule has 2 atom stereocenters. The second-order valence-corrected chi connectivity index (χ2v) is 7.57. The van der Waals surface area contributed by atoms with Crippen LogP contribution in [0.2, 0.25) is 0 Å². The Morgan fingerprint density at radius 1 is 1.06 bits per heavy atom. The summed E-state index contributed by atoms with van der Waals surface area (Å²) in [5.41, 5.74) is 1.15. The molecule has 0 bridgehead atoms. The monoisotopic (exact) mass is 450 g/mol. The van der Waals surface area contributed by atoms with Gasteiger partial charge in [-0.3, -0.25) is 9.59 Å².